The fourth-order valence-electron chi connectivity index (χ4n) is 4.93. The Labute approximate surface area is 193 Å². The van der Waals surface area contributed by atoms with Gasteiger partial charge < -0.3 is 20.5 Å². The first-order chi connectivity index (χ1) is 15.8. The van der Waals surface area contributed by atoms with Crippen LogP contribution in [0.15, 0.2) is 48.5 Å². The minimum Gasteiger partial charge on any atom is -0.481 e. The largest absolute Gasteiger partial charge is 0.481 e. The number of rotatable bonds is 7. The van der Waals surface area contributed by atoms with Crippen LogP contribution in [0.4, 0.5) is 4.79 Å². The molecule has 0 aliphatic heterocycles. The number of carbonyl (C=O) groups excluding carboxylic acids is 2. The van der Waals surface area contributed by atoms with Gasteiger partial charge >= 0.3 is 12.1 Å². The van der Waals surface area contributed by atoms with E-state index >= 15 is 0 Å². The van der Waals surface area contributed by atoms with Gasteiger partial charge in [0, 0.05) is 12.0 Å². The fourth-order valence-corrected chi connectivity index (χ4v) is 4.93. The maximum Gasteiger partial charge on any atom is 0.407 e. The summed E-state index contributed by atoms with van der Waals surface area (Å²) in [6, 6.07) is 15.3. The fraction of sp³-hybridized carbons (Fsp3) is 0.423. The average Bonchev–Trinajstić information content (AvgIpc) is 3.39. The molecule has 0 aromatic heterocycles. The molecule has 33 heavy (non-hydrogen) atoms. The minimum absolute atomic E-state index is 0.0547. The predicted octanol–water partition coefficient (Wildman–Crippen LogP) is 3.92. The third kappa shape index (κ3) is 4.87. The molecular formula is C26H30N2O5. The van der Waals surface area contributed by atoms with Gasteiger partial charge in [-0.25, -0.2) is 4.79 Å². The number of carboxylic acids is 1. The minimum atomic E-state index is -0.830. The van der Waals surface area contributed by atoms with Crippen LogP contribution in [0, 0.1) is 11.8 Å². The Balaban J connectivity index is 1.36. The van der Waals surface area contributed by atoms with Crippen LogP contribution in [0.3, 0.4) is 0 Å². The first-order valence-electron chi connectivity index (χ1n) is 11.5. The molecule has 1 saturated carbocycles. The highest BCUT2D eigenvalue weighted by molar-refractivity contribution is 5.86. The topological polar surface area (TPSA) is 105 Å². The van der Waals surface area contributed by atoms with Gasteiger partial charge in [-0.3, -0.25) is 9.59 Å². The zero-order valence-corrected chi connectivity index (χ0v) is 18.9. The van der Waals surface area contributed by atoms with Crippen LogP contribution >= 0.6 is 0 Å². The highest BCUT2D eigenvalue weighted by Gasteiger charge is 2.34. The molecule has 0 unspecified atom stereocenters. The van der Waals surface area contributed by atoms with Gasteiger partial charge in [0.25, 0.3) is 0 Å². The van der Waals surface area contributed by atoms with Gasteiger partial charge in [-0.15, -0.1) is 0 Å². The SMILES string of the molecule is CC(C)[C@H](NC(=O)OCC1c2ccccc2-c2ccccc21)C(=O)N[C@@H]1CC[C@H](C(=O)O)C1. The van der Waals surface area contributed by atoms with Crippen LogP contribution in [0.5, 0.6) is 0 Å². The van der Waals surface area contributed by atoms with Crippen molar-refractivity contribution in [1.29, 1.82) is 0 Å². The molecule has 0 saturated heterocycles. The standard InChI is InChI=1S/C26H30N2O5/c1-15(2)23(24(29)27-17-12-11-16(13-17)25(30)31)28-26(32)33-14-22-20-9-5-3-7-18(20)19-8-4-6-10-21(19)22/h3-10,15-17,22-23H,11-14H2,1-2H3,(H,27,29)(H,28,32)(H,30,31)/t16-,17+,23-/m0/s1. The van der Waals surface area contributed by atoms with E-state index in [4.69, 9.17) is 9.84 Å². The number of benzene rings is 2. The number of hydrogen-bond acceptors (Lipinski definition) is 4. The molecule has 4 rings (SSSR count). The smallest absolute Gasteiger partial charge is 0.407 e. The Kier molecular flexibility index (Phi) is 6.67. The van der Waals surface area contributed by atoms with E-state index in [2.05, 4.69) is 34.9 Å². The van der Waals surface area contributed by atoms with Crippen molar-refractivity contribution in [1.82, 2.24) is 10.6 Å². The third-order valence-electron chi connectivity index (χ3n) is 6.69. The summed E-state index contributed by atoms with van der Waals surface area (Å²) in [6.07, 6.45) is 0.947. The second-order valence-corrected chi connectivity index (χ2v) is 9.25. The van der Waals surface area contributed by atoms with Crippen molar-refractivity contribution < 1.29 is 24.2 Å². The lowest BCUT2D eigenvalue weighted by Crippen LogP contribution is -2.52. The second-order valence-electron chi connectivity index (χ2n) is 9.25. The van der Waals surface area contributed by atoms with E-state index < -0.39 is 24.0 Å². The molecule has 7 nitrogen and oxygen atoms in total. The van der Waals surface area contributed by atoms with Gasteiger partial charge in [0.05, 0.1) is 5.92 Å². The van der Waals surface area contributed by atoms with Gasteiger partial charge in [0.1, 0.15) is 12.6 Å². The molecule has 2 aromatic rings. The molecule has 0 heterocycles. The average molecular weight is 451 g/mol. The van der Waals surface area contributed by atoms with Crippen LogP contribution < -0.4 is 10.6 Å². The van der Waals surface area contributed by atoms with Crippen LogP contribution in [0.2, 0.25) is 0 Å². The lowest BCUT2D eigenvalue weighted by Gasteiger charge is -2.24. The number of carboxylic acid groups (broad SMARTS) is 1. The Hall–Kier alpha value is -3.35. The molecule has 2 amide bonds. The summed E-state index contributed by atoms with van der Waals surface area (Å²) < 4.78 is 5.58. The van der Waals surface area contributed by atoms with Gasteiger partial charge in [0.2, 0.25) is 5.91 Å². The third-order valence-corrected chi connectivity index (χ3v) is 6.69. The zero-order valence-electron chi connectivity index (χ0n) is 18.9. The number of hydrogen-bond donors (Lipinski definition) is 3. The number of alkyl carbamates (subject to hydrolysis) is 1. The van der Waals surface area contributed by atoms with E-state index in [-0.39, 0.29) is 30.4 Å². The van der Waals surface area contributed by atoms with E-state index in [9.17, 15) is 14.4 Å². The normalized spacial score (nSPS) is 20.1. The highest BCUT2D eigenvalue weighted by Crippen LogP contribution is 2.44. The summed E-state index contributed by atoms with van der Waals surface area (Å²) in [5.74, 6) is -1.77. The van der Waals surface area contributed by atoms with Crippen molar-refractivity contribution in [3.63, 3.8) is 0 Å². The summed E-state index contributed by atoms with van der Waals surface area (Å²) in [4.78, 5) is 36.6. The predicted molar refractivity (Wildman–Crippen MR) is 124 cm³/mol. The van der Waals surface area contributed by atoms with Crippen LogP contribution in [-0.2, 0) is 14.3 Å². The summed E-state index contributed by atoms with van der Waals surface area (Å²) in [5.41, 5.74) is 4.55. The lowest BCUT2D eigenvalue weighted by atomic mass is 9.98. The van der Waals surface area contributed by atoms with E-state index in [1.54, 1.807) is 0 Å². The number of carbonyl (C=O) groups is 3. The van der Waals surface area contributed by atoms with Crippen LogP contribution in [0.1, 0.15) is 50.2 Å². The number of ether oxygens (including phenoxy) is 1. The summed E-state index contributed by atoms with van der Waals surface area (Å²) >= 11 is 0. The first-order valence-corrected chi connectivity index (χ1v) is 11.5. The molecular weight excluding hydrogens is 420 g/mol. The molecule has 0 radical (unpaired) electrons. The van der Waals surface area contributed by atoms with Crippen molar-refractivity contribution in [2.75, 3.05) is 6.61 Å². The van der Waals surface area contributed by atoms with Crippen molar-refractivity contribution >= 4 is 18.0 Å². The summed E-state index contributed by atoms with van der Waals surface area (Å²) in [7, 11) is 0. The number of amides is 2. The number of aliphatic carboxylic acids is 1. The first kappa shape index (κ1) is 22.8. The van der Waals surface area contributed by atoms with Gasteiger partial charge in [-0.05, 0) is 47.4 Å². The molecule has 1 fully saturated rings. The monoisotopic (exact) mass is 450 g/mol. The lowest BCUT2D eigenvalue weighted by molar-refractivity contribution is -0.141. The second kappa shape index (κ2) is 9.65. The van der Waals surface area contributed by atoms with Crippen molar-refractivity contribution in [3.05, 3.63) is 59.7 Å². The van der Waals surface area contributed by atoms with Crippen molar-refractivity contribution in [2.45, 2.75) is 51.1 Å². The van der Waals surface area contributed by atoms with Crippen LogP contribution in [0.25, 0.3) is 11.1 Å². The van der Waals surface area contributed by atoms with E-state index in [0.29, 0.717) is 19.3 Å². The molecule has 2 aromatic carbocycles. The van der Waals surface area contributed by atoms with Gasteiger partial charge in [0.15, 0.2) is 0 Å². The Bertz CT molecular complexity index is 1000. The quantitative estimate of drug-likeness (QED) is 0.593. The van der Waals surface area contributed by atoms with Crippen molar-refractivity contribution in [2.24, 2.45) is 11.8 Å². The molecule has 0 bridgehead atoms. The molecule has 3 atom stereocenters. The van der Waals surface area contributed by atoms with Gasteiger partial charge in [-0.2, -0.15) is 0 Å². The Morgan fingerprint density at radius 1 is 1.00 bits per heavy atom. The van der Waals surface area contributed by atoms with Gasteiger partial charge in [-0.1, -0.05) is 62.4 Å². The molecule has 0 spiro atoms. The molecule has 174 valence electrons. The maximum absolute atomic E-state index is 12.8. The summed E-state index contributed by atoms with van der Waals surface area (Å²) in [5, 5.41) is 14.8. The molecule has 3 N–H and O–H groups in total. The van der Waals surface area contributed by atoms with E-state index in [1.807, 2.05) is 38.1 Å². The number of nitrogens with one attached hydrogen (secondary N) is 2. The van der Waals surface area contributed by atoms with E-state index in [1.165, 1.54) is 0 Å². The van der Waals surface area contributed by atoms with E-state index in [0.717, 1.165) is 22.3 Å². The highest BCUT2D eigenvalue weighted by atomic mass is 16.5. The Morgan fingerprint density at radius 2 is 1.61 bits per heavy atom. The maximum atomic E-state index is 12.8. The molecule has 2 aliphatic rings. The number of fused-ring (bicyclic) bond motifs is 3. The summed E-state index contributed by atoms with van der Waals surface area (Å²) in [6.45, 7) is 3.88. The molecule has 7 heteroatoms. The Morgan fingerprint density at radius 3 is 2.15 bits per heavy atom. The molecule has 2 aliphatic carbocycles. The van der Waals surface area contributed by atoms with Crippen molar-refractivity contribution in [3.8, 4) is 11.1 Å². The van der Waals surface area contributed by atoms with Crippen LogP contribution in [-0.4, -0.2) is 41.8 Å². The zero-order chi connectivity index (χ0) is 23.5.